The van der Waals surface area contributed by atoms with E-state index >= 15 is 0 Å². The summed E-state index contributed by atoms with van der Waals surface area (Å²) in [5.41, 5.74) is 0.701. The van der Waals surface area contributed by atoms with E-state index in [1.54, 1.807) is 25.2 Å². The van der Waals surface area contributed by atoms with Crippen LogP contribution in [0.1, 0.15) is 10.4 Å². The standard InChI is InChI=1S/C16H13F3N4O3/c1-23-13(7-11(22-23)12-3-2-6-25-12)21-15(24)10-4-5-14(20-8-10)26-9-16(17,18)19/h2-8H,9H2,1H3,(H,21,24). The fraction of sp³-hybridized carbons (Fsp3) is 0.188. The average Bonchev–Trinajstić information content (AvgIpc) is 3.23. The maximum absolute atomic E-state index is 12.3. The number of furan rings is 1. The van der Waals surface area contributed by atoms with Crippen molar-refractivity contribution in [2.45, 2.75) is 6.18 Å². The first-order chi connectivity index (χ1) is 12.3. The van der Waals surface area contributed by atoms with Crippen molar-refractivity contribution in [2.75, 3.05) is 11.9 Å². The molecule has 10 heteroatoms. The van der Waals surface area contributed by atoms with E-state index in [0.717, 1.165) is 6.20 Å². The lowest BCUT2D eigenvalue weighted by atomic mass is 10.2. The van der Waals surface area contributed by atoms with Crippen LogP contribution in [0, 0.1) is 0 Å². The Kier molecular flexibility index (Phi) is 4.65. The van der Waals surface area contributed by atoms with Gasteiger partial charge in [-0.15, -0.1) is 0 Å². The molecule has 0 spiro atoms. The third-order valence-electron chi connectivity index (χ3n) is 3.28. The van der Waals surface area contributed by atoms with Crippen molar-refractivity contribution in [3.05, 3.63) is 48.4 Å². The molecule has 0 aliphatic carbocycles. The van der Waals surface area contributed by atoms with E-state index in [1.165, 1.54) is 23.1 Å². The minimum Gasteiger partial charge on any atom is -0.468 e. The molecule has 1 amide bonds. The van der Waals surface area contributed by atoms with Crippen LogP contribution in [-0.2, 0) is 7.05 Å². The van der Waals surface area contributed by atoms with Gasteiger partial charge in [0.25, 0.3) is 5.91 Å². The number of hydrogen-bond donors (Lipinski definition) is 1. The zero-order chi connectivity index (χ0) is 18.7. The highest BCUT2D eigenvalue weighted by molar-refractivity contribution is 6.03. The minimum atomic E-state index is -4.46. The van der Waals surface area contributed by atoms with E-state index in [9.17, 15) is 18.0 Å². The van der Waals surface area contributed by atoms with Gasteiger partial charge >= 0.3 is 6.18 Å². The van der Waals surface area contributed by atoms with Crippen LogP contribution in [0.3, 0.4) is 0 Å². The molecule has 0 aliphatic heterocycles. The molecule has 0 fully saturated rings. The molecular formula is C16H13F3N4O3. The number of carbonyl (C=O) groups excluding carboxylic acids is 1. The van der Waals surface area contributed by atoms with Gasteiger partial charge in [-0.2, -0.15) is 18.3 Å². The summed E-state index contributed by atoms with van der Waals surface area (Å²) in [6.45, 7) is -1.45. The number of rotatable bonds is 5. The van der Waals surface area contributed by atoms with Crippen molar-refractivity contribution >= 4 is 11.7 Å². The number of pyridine rings is 1. The third-order valence-corrected chi connectivity index (χ3v) is 3.28. The molecule has 26 heavy (non-hydrogen) atoms. The smallest absolute Gasteiger partial charge is 0.422 e. The molecule has 0 bridgehead atoms. The molecule has 0 aromatic carbocycles. The number of aryl methyl sites for hydroxylation is 1. The number of aromatic nitrogens is 3. The lowest BCUT2D eigenvalue weighted by Gasteiger charge is -2.09. The number of carbonyl (C=O) groups is 1. The van der Waals surface area contributed by atoms with Gasteiger partial charge in [-0.05, 0) is 18.2 Å². The van der Waals surface area contributed by atoms with Crippen LogP contribution in [0.5, 0.6) is 5.88 Å². The quantitative estimate of drug-likeness (QED) is 0.749. The second-order valence-corrected chi connectivity index (χ2v) is 5.26. The highest BCUT2D eigenvalue weighted by Crippen LogP contribution is 2.22. The molecule has 3 aromatic rings. The number of anilines is 1. The predicted molar refractivity (Wildman–Crippen MR) is 84.7 cm³/mol. The molecule has 0 saturated carbocycles. The van der Waals surface area contributed by atoms with Crippen molar-refractivity contribution in [1.82, 2.24) is 14.8 Å². The number of nitrogens with zero attached hydrogens (tertiary/aromatic N) is 3. The molecule has 0 saturated heterocycles. The van der Waals surface area contributed by atoms with Gasteiger partial charge in [-0.3, -0.25) is 9.48 Å². The van der Waals surface area contributed by atoms with Gasteiger partial charge in [0.05, 0.1) is 11.8 Å². The lowest BCUT2D eigenvalue weighted by molar-refractivity contribution is -0.154. The van der Waals surface area contributed by atoms with E-state index in [4.69, 9.17) is 4.42 Å². The molecule has 0 radical (unpaired) electrons. The number of alkyl halides is 3. The normalized spacial score (nSPS) is 11.4. The number of halogens is 3. The Morgan fingerprint density at radius 3 is 2.77 bits per heavy atom. The summed E-state index contributed by atoms with van der Waals surface area (Å²) in [6, 6.07) is 7.59. The largest absolute Gasteiger partial charge is 0.468 e. The van der Waals surface area contributed by atoms with E-state index in [1.807, 2.05) is 0 Å². The summed E-state index contributed by atoms with van der Waals surface area (Å²) in [4.78, 5) is 15.9. The highest BCUT2D eigenvalue weighted by atomic mass is 19.4. The zero-order valence-electron chi connectivity index (χ0n) is 13.4. The van der Waals surface area contributed by atoms with E-state index in [2.05, 4.69) is 20.1 Å². The van der Waals surface area contributed by atoms with Gasteiger partial charge in [0.15, 0.2) is 12.4 Å². The summed E-state index contributed by atoms with van der Waals surface area (Å²) >= 11 is 0. The Morgan fingerprint density at radius 2 is 2.15 bits per heavy atom. The second kappa shape index (κ2) is 6.90. The Balaban J connectivity index is 1.67. The van der Waals surface area contributed by atoms with Gasteiger partial charge in [-0.1, -0.05) is 0 Å². The minimum absolute atomic E-state index is 0.158. The Hall–Kier alpha value is -3.30. The zero-order valence-corrected chi connectivity index (χ0v) is 13.4. The molecular weight excluding hydrogens is 353 g/mol. The molecule has 0 atom stereocenters. The third kappa shape index (κ3) is 4.21. The summed E-state index contributed by atoms with van der Waals surface area (Å²) < 4.78 is 47.5. The maximum Gasteiger partial charge on any atom is 0.422 e. The molecule has 0 unspecified atom stereocenters. The van der Waals surface area contributed by atoms with Crippen LogP contribution in [0.4, 0.5) is 19.0 Å². The van der Waals surface area contributed by atoms with Gasteiger partial charge in [0.2, 0.25) is 5.88 Å². The van der Waals surface area contributed by atoms with E-state index < -0.39 is 18.7 Å². The van der Waals surface area contributed by atoms with Gasteiger partial charge < -0.3 is 14.5 Å². The number of ether oxygens (including phenoxy) is 1. The average molecular weight is 366 g/mol. The SMILES string of the molecule is Cn1nc(-c2ccco2)cc1NC(=O)c1ccc(OCC(F)(F)F)nc1. The number of hydrogen-bond acceptors (Lipinski definition) is 5. The van der Waals surface area contributed by atoms with Crippen LogP contribution in [0.25, 0.3) is 11.5 Å². The predicted octanol–water partition coefficient (Wildman–Crippen LogP) is 3.27. The molecule has 1 N–H and O–H groups in total. The maximum atomic E-state index is 12.3. The number of nitrogens with one attached hydrogen (secondary N) is 1. The van der Waals surface area contributed by atoms with Crippen molar-refractivity contribution in [2.24, 2.45) is 7.05 Å². The summed E-state index contributed by atoms with van der Waals surface area (Å²) in [5.74, 6) is 0.251. The topological polar surface area (TPSA) is 82.2 Å². The van der Waals surface area contributed by atoms with Crippen LogP contribution >= 0.6 is 0 Å². The molecule has 3 aromatic heterocycles. The van der Waals surface area contributed by atoms with Crippen LogP contribution in [-0.4, -0.2) is 33.5 Å². The lowest BCUT2D eigenvalue weighted by Crippen LogP contribution is -2.20. The number of amides is 1. The molecule has 0 aliphatic rings. The molecule has 3 heterocycles. The molecule has 7 nitrogen and oxygen atoms in total. The van der Waals surface area contributed by atoms with Crippen LogP contribution in [0.15, 0.2) is 47.2 Å². The molecule has 136 valence electrons. The van der Waals surface area contributed by atoms with Gasteiger partial charge in [0, 0.05) is 25.4 Å². The van der Waals surface area contributed by atoms with Crippen LogP contribution in [0.2, 0.25) is 0 Å². The Labute approximate surface area is 145 Å². The fourth-order valence-electron chi connectivity index (χ4n) is 2.07. The van der Waals surface area contributed by atoms with Crippen molar-refractivity contribution in [3.8, 4) is 17.3 Å². The Bertz CT molecular complexity index is 887. The van der Waals surface area contributed by atoms with Crippen LogP contribution < -0.4 is 10.1 Å². The van der Waals surface area contributed by atoms with Gasteiger partial charge in [-0.25, -0.2) is 4.98 Å². The summed E-state index contributed by atoms with van der Waals surface area (Å²) in [6.07, 6.45) is -1.82. The second-order valence-electron chi connectivity index (χ2n) is 5.26. The summed E-state index contributed by atoms with van der Waals surface area (Å²) in [5, 5.41) is 6.87. The Morgan fingerprint density at radius 1 is 1.35 bits per heavy atom. The van der Waals surface area contributed by atoms with Crippen molar-refractivity contribution in [1.29, 1.82) is 0 Å². The molecule has 3 rings (SSSR count). The van der Waals surface area contributed by atoms with E-state index in [0.29, 0.717) is 17.3 Å². The first-order valence-electron chi connectivity index (χ1n) is 7.37. The first kappa shape index (κ1) is 17.5. The van der Waals surface area contributed by atoms with Gasteiger partial charge in [0.1, 0.15) is 11.5 Å². The monoisotopic (exact) mass is 366 g/mol. The highest BCUT2D eigenvalue weighted by Gasteiger charge is 2.28. The first-order valence-corrected chi connectivity index (χ1v) is 7.37. The van der Waals surface area contributed by atoms with E-state index in [-0.39, 0.29) is 11.4 Å². The van der Waals surface area contributed by atoms with Crippen molar-refractivity contribution < 1.29 is 27.1 Å². The van der Waals surface area contributed by atoms with Crippen molar-refractivity contribution in [3.63, 3.8) is 0 Å². The summed E-state index contributed by atoms with van der Waals surface area (Å²) in [7, 11) is 1.65. The fourth-order valence-corrected chi connectivity index (χ4v) is 2.07.